The van der Waals surface area contributed by atoms with Gasteiger partial charge in [0.1, 0.15) is 0 Å². The van der Waals surface area contributed by atoms with Crippen molar-refractivity contribution in [3.8, 4) is 0 Å². The SMILES string of the molecule is Cc1ccc(C)c2[cH-]ccc12.[Cl][Ti][Cl].c1ccc2[cH-]c(P(C3CCCCC3)C3CCCCC3)cc2c1. The van der Waals surface area contributed by atoms with Crippen LogP contribution in [0.3, 0.4) is 0 Å². The van der Waals surface area contributed by atoms with Crippen LogP contribution in [0.4, 0.5) is 0 Å². The molecule has 0 unspecified atom stereocenters. The fourth-order valence-electron chi connectivity index (χ4n) is 6.26. The van der Waals surface area contributed by atoms with Crippen LogP contribution in [-0.2, 0) is 17.0 Å². The number of rotatable bonds is 3. The molecule has 0 atom stereocenters. The molecular weight excluding hydrogens is 534 g/mol. The number of hydrogen-bond acceptors (Lipinski definition) is 0. The minimum absolute atomic E-state index is 0.0611. The Kier molecular flexibility index (Phi) is 11.4. The van der Waals surface area contributed by atoms with Crippen molar-refractivity contribution < 1.29 is 17.0 Å². The van der Waals surface area contributed by atoms with Crippen molar-refractivity contribution in [2.45, 2.75) is 89.4 Å². The van der Waals surface area contributed by atoms with Crippen LogP contribution in [0.5, 0.6) is 0 Å². The van der Waals surface area contributed by atoms with Crippen molar-refractivity contribution in [3.05, 3.63) is 77.9 Å². The molecule has 0 nitrogen and oxygen atoms in total. The second kappa shape index (κ2) is 14.5. The fourth-order valence-corrected chi connectivity index (χ4v) is 10.1. The summed E-state index contributed by atoms with van der Waals surface area (Å²) in [5, 5.41) is 7.46. The van der Waals surface area contributed by atoms with Crippen molar-refractivity contribution in [2.24, 2.45) is 0 Å². The minimum Gasteiger partial charge on any atom is -0.161 e. The Morgan fingerprint density at radius 2 is 1.36 bits per heavy atom. The van der Waals surface area contributed by atoms with Gasteiger partial charge in [0.25, 0.3) is 0 Å². The minimum atomic E-state index is -0.556. The molecule has 0 aliphatic heterocycles. The molecule has 2 fully saturated rings. The van der Waals surface area contributed by atoms with Crippen molar-refractivity contribution >= 4 is 53.4 Å². The summed E-state index contributed by atoms with van der Waals surface area (Å²) in [5.74, 6) is 0. The normalized spacial score (nSPS) is 16.9. The Balaban J connectivity index is 0.000000181. The van der Waals surface area contributed by atoms with Crippen molar-refractivity contribution in [3.63, 3.8) is 0 Å². The fraction of sp³-hybridized carbons (Fsp3) is 0.438. The van der Waals surface area contributed by atoms with E-state index in [-0.39, 0.29) is 7.92 Å². The third kappa shape index (κ3) is 7.27. The van der Waals surface area contributed by atoms with E-state index in [2.05, 4.69) is 80.6 Å². The zero-order valence-corrected chi connectivity index (χ0v) is 25.7. The van der Waals surface area contributed by atoms with Gasteiger partial charge in [-0.15, -0.1) is 68.8 Å². The van der Waals surface area contributed by atoms with Crippen LogP contribution in [0.2, 0.25) is 0 Å². The summed E-state index contributed by atoms with van der Waals surface area (Å²) in [7, 11) is 9.84. The van der Waals surface area contributed by atoms with E-state index < -0.39 is 17.0 Å². The molecule has 192 valence electrons. The molecule has 6 rings (SSSR count). The molecular formula is C32H39Cl2PTi-2. The summed E-state index contributed by atoms with van der Waals surface area (Å²) in [6.45, 7) is 4.31. The summed E-state index contributed by atoms with van der Waals surface area (Å²) in [6.07, 6.45) is 14.9. The summed E-state index contributed by atoms with van der Waals surface area (Å²) in [5.41, 5.74) is 4.78. The number of hydrogen-bond donors (Lipinski definition) is 0. The third-order valence-corrected chi connectivity index (χ3v) is 11.5. The van der Waals surface area contributed by atoms with Crippen LogP contribution in [0.15, 0.2) is 66.7 Å². The molecule has 2 saturated carbocycles. The number of fused-ring (bicyclic) bond motifs is 2. The first kappa shape index (κ1) is 28.4. The van der Waals surface area contributed by atoms with Gasteiger partial charge in [-0.05, 0) is 43.9 Å². The van der Waals surface area contributed by atoms with Crippen molar-refractivity contribution in [1.82, 2.24) is 0 Å². The molecule has 0 N–H and O–H groups in total. The van der Waals surface area contributed by atoms with Crippen LogP contribution >= 0.6 is 26.5 Å². The predicted octanol–water partition coefficient (Wildman–Crippen LogP) is 10.9. The Morgan fingerprint density at radius 3 is 1.94 bits per heavy atom. The van der Waals surface area contributed by atoms with Gasteiger partial charge in [0, 0.05) is 0 Å². The van der Waals surface area contributed by atoms with E-state index in [1.807, 2.05) is 0 Å². The first-order chi connectivity index (χ1) is 17.6. The van der Waals surface area contributed by atoms with Gasteiger partial charge < -0.3 is 0 Å². The molecule has 4 aromatic carbocycles. The quantitative estimate of drug-likeness (QED) is 0.130. The average Bonchev–Trinajstić information content (AvgIpc) is 3.57. The first-order valence-corrected chi connectivity index (χ1v) is 19.4. The summed E-state index contributed by atoms with van der Waals surface area (Å²) in [4.78, 5) is 0. The van der Waals surface area contributed by atoms with E-state index in [1.54, 1.807) is 5.30 Å². The Bertz CT molecular complexity index is 1110. The summed E-state index contributed by atoms with van der Waals surface area (Å²) >= 11 is -0.556. The van der Waals surface area contributed by atoms with Gasteiger partial charge in [-0.2, -0.15) is 18.2 Å². The van der Waals surface area contributed by atoms with Gasteiger partial charge in [-0.25, -0.2) is 0 Å². The second-order valence-corrected chi connectivity index (χ2v) is 15.8. The van der Waals surface area contributed by atoms with Crippen LogP contribution in [0, 0.1) is 13.8 Å². The molecule has 0 heterocycles. The largest absolute Gasteiger partial charge is 0.161 e. The second-order valence-electron chi connectivity index (χ2n) is 10.5. The van der Waals surface area contributed by atoms with E-state index >= 15 is 0 Å². The molecule has 2 aliphatic rings. The van der Waals surface area contributed by atoms with Crippen LogP contribution in [0.25, 0.3) is 21.5 Å². The van der Waals surface area contributed by atoms with Gasteiger partial charge in [0.2, 0.25) is 0 Å². The zero-order valence-electron chi connectivity index (χ0n) is 21.8. The maximum Gasteiger partial charge on any atom is -0.0181 e. The van der Waals surface area contributed by atoms with Crippen molar-refractivity contribution in [1.29, 1.82) is 0 Å². The number of benzene rings is 2. The average molecular weight is 573 g/mol. The van der Waals surface area contributed by atoms with Gasteiger partial charge >= 0.3 is 35.6 Å². The smallest absolute Gasteiger partial charge is 0.0181 e. The standard InChI is InChI=1S/C21H28P.C11H11.2ClH.Ti/c1-3-11-19(12-4-1)22(20-13-5-2-6-14-20)21-15-17-9-7-8-10-18(17)16-21;1-8-6-7-9(2)11-5-3-4-10(8)11;;;/h7-10,15-16,19-20H,1-6,11-14H2;3-7H,1-2H3;2*1H;/q2*-1;;;+2/p-2. The maximum absolute atomic E-state index is 4.89. The molecule has 0 aromatic heterocycles. The zero-order chi connectivity index (χ0) is 25.3. The maximum atomic E-state index is 4.89. The molecule has 0 saturated heterocycles. The van der Waals surface area contributed by atoms with Gasteiger partial charge in [-0.1, -0.05) is 71.1 Å². The molecule has 36 heavy (non-hydrogen) atoms. The molecule has 0 bridgehead atoms. The summed E-state index contributed by atoms with van der Waals surface area (Å²) in [6, 6.07) is 24.9. The molecule has 0 amide bonds. The Hall–Kier alpha value is -0.616. The Labute approximate surface area is 236 Å². The van der Waals surface area contributed by atoms with Gasteiger partial charge in [0.05, 0.1) is 0 Å². The third-order valence-electron chi connectivity index (χ3n) is 8.09. The van der Waals surface area contributed by atoms with Gasteiger partial charge in [0.15, 0.2) is 0 Å². The van der Waals surface area contributed by atoms with E-state index in [4.69, 9.17) is 18.6 Å². The molecule has 4 heteroatoms. The van der Waals surface area contributed by atoms with Crippen LogP contribution in [-0.4, -0.2) is 11.3 Å². The van der Waals surface area contributed by atoms with Crippen LogP contribution < -0.4 is 5.30 Å². The number of aryl methyl sites for hydroxylation is 2. The van der Waals surface area contributed by atoms with E-state index in [9.17, 15) is 0 Å². The van der Waals surface area contributed by atoms with Gasteiger partial charge in [-0.3, -0.25) is 0 Å². The molecule has 0 radical (unpaired) electrons. The van der Waals surface area contributed by atoms with E-state index in [0.29, 0.717) is 0 Å². The Morgan fingerprint density at radius 1 is 0.778 bits per heavy atom. The van der Waals surface area contributed by atoms with Crippen molar-refractivity contribution in [2.75, 3.05) is 0 Å². The monoisotopic (exact) mass is 572 g/mol. The predicted molar refractivity (Wildman–Crippen MR) is 161 cm³/mol. The summed E-state index contributed by atoms with van der Waals surface area (Å²) < 4.78 is 0. The topological polar surface area (TPSA) is 0 Å². The molecule has 2 aliphatic carbocycles. The first-order valence-electron chi connectivity index (χ1n) is 13.6. The van der Waals surface area contributed by atoms with E-state index in [0.717, 1.165) is 11.3 Å². The molecule has 0 spiro atoms. The van der Waals surface area contributed by atoms with E-state index in [1.165, 1.54) is 96.9 Å². The molecule has 4 aromatic rings. The number of halogens is 2. The van der Waals surface area contributed by atoms with Crippen LogP contribution in [0.1, 0.15) is 75.3 Å².